The summed E-state index contributed by atoms with van der Waals surface area (Å²) < 4.78 is 18.8. The molecule has 4 nitrogen and oxygen atoms in total. The number of nitrogens with two attached hydrogens (primary N) is 1. The molecule has 2 rings (SSSR count). The van der Waals surface area contributed by atoms with Crippen molar-refractivity contribution >= 4 is 15.9 Å². The highest BCUT2D eigenvalue weighted by molar-refractivity contribution is 9.10. The van der Waals surface area contributed by atoms with Gasteiger partial charge in [0.15, 0.2) is 0 Å². The molecule has 1 heterocycles. The van der Waals surface area contributed by atoms with Gasteiger partial charge in [0, 0.05) is 12.0 Å². The van der Waals surface area contributed by atoms with Crippen LogP contribution in [0.1, 0.15) is 31.6 Å². The highest BCUT2D eigenvalue weighted by Crippen LogP contribution is 2.23. The predicted octanol–water partition coefficient (Wildman–Crippen LogP) is 3.70. The number of aromatic nitrogens is 2. The molecule has 0 radical (unpaired) electrons. The van der Waals surface area contributed by atoms with Crippen LogP contribution in [0.25, 0.3) is 11.4 Å². The minimum atomic E-state index is -0.308. The largest absolute Gasteiger partial charge is 0.339 e. The maximum atomic E-state index is 13.2. The zero-order valence-electron chi connectivity index (χ0n) is 11.1. The van der Waals surface area contributed by atoms with Crippen molar-refractivity contribution in [1.29, 1.82) is 0 Å². The van der Waals surface area contributed by atoms with Crippen LogP contribution in [0, 0.1) is 5.82 Å². The Hall–Kier alpha value is -1.27. The fourth-order valence-electron chi connectivity index (χ4n) is 1.88. The smallest absolute Gasteiger partial charge is 0.226 e. The second-order valence-corrected chi connectivity index (χ2v) is 5.45. The molecule has 1 aromatic heterocycles. The van der Waals surface area contributed by atoms with Gasteiger partial charge in [-0.2, -0.15) is 4.98 Å². The molecule has 0 aliphatic heterocycles. The van der Waals surface area contributed by atoms with Crippen LogP contribution in [0.3, 0.4) is 0 Å². The van der Waals surface area contributed by atoms with Crippen LogP contribution in [0.15, 0.2) is 27.2 Å². The normalized spacial score (nSPS) is 10.9. The minimum absolute atomic E-state index is 0.308. The molecule has 0 saturated carbocycles. The van der Waals surface area contributed by atoms with Gasteiger partial charge in [-0.05, 0) is 53.5 Å². The van der Waals surface area contributed by atoms with Crippen LogP contribution in [0.2, 0.25) is 0 Å². The summed E-state index contributed by atoms with van der Waals surface area (Å²) in [6.07, 6.45) is 5.06. The average molecular weight is 342 g/mol. The van der Waals surface area contributed by atoms with Crippen LogP contribution in [-0.2, 0) is 6.42 Å². The van der Waals surface area contributed by atoms with E-state index >= 15 is 0 Å². The third-order valence-corrected chi connectivity index (χ3v) is 3.60. The van der Waals surface area contributed by atoms with Crippen LogP contribution < -0.4 is 5.73 Å². The molecular weight excluding hydrogens is 325 g/mol. The molecule has 6 heteroatoms. The van der Waals surface area contributed by atoms with Gasteiger partial charge in [-0.3, -0.25) is 0 Å². The van der Waals surface area contributed by atoms with Crippen LogP contribution >= 0.6 is 15.9 Å². The van der Waals surface area contributed by atoms with Gasteiger partial charge in [-0.15, -0.1) is 0 Å². The van der Waals surface area contributed by atoms with Crippen molar-refractivity contribution < 1.29 is 8.91 Å². The summed E-state index contributed by atoms with van der Waals surface area (Å²) in [7, 11) is 0. The maximum absolute atomic E-state index is 13.2. The fourth-order valence-corrected chi connectivity index (χ4v) is 2.26. The van der Waals surface area contributed by atoms with Gasteiger partial charge in [0.1, 0.15) is 5.82 Å². The quantitative estimate of drug-likeness (QED) is 0.779. The molecule has 0 bridgehead atoms. The van der Waals surface area contributed by atoms with Crippen molar-refractivity contribution in [2.45, 2.75) is 32.1 Å². The van der Waals surface area contributed by atoms with E-state index in [0.717, 1.165) is 44.2 Å². The lowest BCUT2D eigenvalue weighted by Crippen LogP contribution is -1.97. The highest BCUT2D eigenvalue weighted by atomic mass is 79.9. The lowest BCUT2D eigenvalue weighted by atomic mass is 10.1. The van der Waals surface area contributed by atoms with E-state index in [-0.39, 0.29) is 5.82 Å². The molecule has 0 spiro atoms. The molecule has 0 saturated heterocycles. The molecule has 2 N–H and O–H groups in total. The van der Waals surface area contributed by atoms with Gasteiger partial charge in [0.05, 0.1) is 4.47 Å². The molecule has 1 aromatic carbocycles. The molecule has 0 aliphatic rings. The van der Waals surface area contributed by atoms with E-state index in [9.17, 15) is 4.39 Å². The first-order chi connectivity index (χ1) is 9.70. The van der Waals surface area contributed by atoms with Crippen LogP contribution in [0.4, 0.5) is 4.39 Å². The molecular formula is C14H17BrFN3O. The molecule has 0 aliphatic carbocycles. The zero-order chi connectivity index (χ0) is 14.4. The average Bonchev–Trinajstić information content (AvgIpc) is 2.90. The predicted molar refractivity (Wildman–Crippen MR) is 78.6 cm³/mol. The number of unbranched alkanes of at least 4 members (excludes halogenated alkanes) is 3. The third kappa shape index (κ3) is 4.11. The maximum Gasteiger partial charge on any atom is 0.226 e. The number of benzene rings is 1. The lowest BCUT2D eigenvalue weighted by molar-refractivity contribution is 0.374. The first-order valence-corrected chi connectivity index (χ1v) is 7.48. The summed E-state index contributed by atoms with van der Waals surface area (Å²) in [4.78, 5) is 4.32. The van der Waals surface area contributed by atoms with Crippen molar-refractivity contribution in [2.75, 3.05) is 6.54 Å². The summed E-state index contributed by atoms with van der Waals surface area (Å²) in [5.41, 5.74) is 6.17. The van der Waals surface area contributed by atoms with Crippen molar-refractivity contribution in [3.8, 4) is 11.4 Å². The standard InChI is InChI=1S/C14H17BrFN3O/c15-11-9-10(6-7-12(11)16)14-18-13(20-19-14)5-3-1-2-4-8-17/h6-7,9H,1-5,8,17H2. The molecule has 0 unspecified atom stereocenters. The minimum Gasteiger partial charge on any atom is -0.339 e. The van der Waals surface area contributed by atoms with E-state index in [2.05, 4.69) is 26.1 Å². The number of aryl methyl sites for hydroxylation is 1. The molecule has 0 fully saturated rings. The molecule has 20 heavy (non-hydrogen) atoms. The van der Waals surface area contributed by atoms with E-state index in [1.807, 2.05) is 0 Å². The van der Waals surface area contributed by atoms with E-state index in [0.29, 0.717) is 16.2 Å². The number of halogens is 2. The van der Waals surface area contributed by atoms with Gasteiger partial charge < -0.3 is 10.3 Å². The Balaban J connectivity index is 1.93. The highest BCUT2D eigenvalue weighted by Gasteiger charge is 2.10. The number of hydrogen-bond acceptors (Lipinski definition) is 4. The van der Waals surface area contributed by atoms with Gasteiger partial charge in [-0.25, -0.2) is 4.39 Å². The molecule has 2 aromatic rings. The fraction of sp³-hybridized carbons (Fsp3) is 0.429. The van der Waals surface area contributed by atoms with Crippen LogP contribution in [-0.4, -0.2) is 16.7 Å². The summed E-state index contributed by atoms with van der Waals surface area (Å²) in [6.45, 7) is 0.740. The zero-order valence-corrected chi connectivity index (χ0v) is 12.7. The van der Waals surface area contributed by atoms with Gasteiger partial charge in [-0.1, -0.05) is 18.0 Å². The van der Waals surface area contributed by atoms with E-state index in [4.69, 9.17) is 10.3 Å². The summed E-state index contributed by atoms with van der Waals surface area (Å²) >= 11 is 3.14. The van der Waals surface area contributed by atoms with Crippen molar-refractivity contribution in [3.05, 3.63) is 34.4 Å². The van der Waals surface area contributed by atoms with E-state index in [1.54, 1.807) is 12.1 Å². The summed E-state index contributed by atoms with van der Waals surface area (Å²) in [5, 5.41) is 3.92. The number of nitrogens with zero attached hydrogens (tertiary/aromatic N) is 2. The Labute approximate surface area is 125 Å². The molecule has 0 amide bonds. The van der Waals surface area contributed by atoms with Crippen molar-refractivity contribution in [1.82, 2.24) is 10.1 Å². The number of hydrogen-bond donors (Lipinski definition) is 1. The second kappa shape index (κ2) is 7.50. The first-order valence-electron chi connectivity index (χ1n) is 6.69. The van der Waals surface area contributed by atoms with Crippen LogP contribution in [0.5, 0.6) is 0 Å². The Morgan fingerprint density at radius 2 is 2.00 bits per heavy atom. The Kier molecular flexibility index (Phi) is 5.67. The molecule has 108 valence electrons. The van der Waals surface area contributed by atoms with Crippen molar-refractivity contribution in [2.24, 2.45) is 5.73 Å². The second-order valence-electron chi connectivity index (χ2n) is 4.59. The summed E-state index contributed by atoms with van der Waals surface area (Å²) in [5.74, 6) is 0.799. The van der Waals surface area contributed by atoms with Gasteiger partial charge >= 0.3 is 0 Å². The van der Waals surface area contributed by atoms with E-state index in [1.165, 1.54) is 6.07 Å². The third-order valence-electron chi connectivity index (χ3n) is 2.99. The molecule has 0 atom stereocenters. The first kappa shape index (κ1) is 15.1. The lowest BCUT2D eigenvalue weighted by Gasteiger charge is -1.97. The van der Waals surface area contributed by atoms with Crippen molar-refractivity contribution in [3.63, 3.8) is 0 Å². The van der Waals surface area contributed by atoms with Gasteiger partial charge in [0.25, 0.3) is 0 Å². The summed E-state index contributed by atoms with van der Waals surface area (Å²) in [6, 6.07) is 4.66. The Morgan fingerprint density at radius 3 is 2.75 bits per heavy atom. The van der Waals surface area contributed by atoms with Gasteiger partial charge in [0.2, 0.25) is 11.7 Å². The Morgan fingerprint density at radius 1 is 1.20 bits per heavy atom. The Bertz CT molecular complexity index is 559. The monoisotopic (exact) mass is 341 g/mol. The topological polar surface area (TPSA) is 64.9 Å². The number of rotatable bonds is 7. The SMILES string of the molecule is NCCCCCCc1nc(-c2ccc(F)c(Br)c2)no1. The van der Waals surface area contributed by atoms with E-state index < -0.39 is 0 Å².